The van der Waals surface area contributed by atoms with Crippen molar-refractivity contribution in [2.75, 3.05) is 5.32 Å². The quantitative estimate of drug-likeness (QED) is 0.788. The van der Waals surface area contributed by atoms with Crippen molar-refractivity contribution in [1.82, 2.24) is 4.98 Å². The van der Waals surface area contributed by atoms with Crippen molar-refractivity contribution >= 4 is 22.4 Å². The number of anilines is 1. The van der Waals surface area contributed by atoms with Gasteiger partial charge < -0.3 is 10.4 Å². The van der Waals surface area contributed by atoms with Crippen LogP contribution in [-0.4, -0.2) is 22.1 Å². The molecule has 0 saturated carbocycles. The van der Waals surface area contributed by atoms with Gasteiger partial charge in [0.15, 0.2) is 5.13 Å². The maximum Gasteiger partial charge on any atom is 0.305 e. The summed E-state index contributed by atoms with van der Waals surface area (Å²) in [5.74, 6) is -0.780. The van der Waals surface area contributed by atoms with E-state index >= 15 is 0 Å². The minimum absolute atomic E-state index is 0.0296. The summed E-state index contributed by atoms with van der Waals surface area (Å²) in [5.41, 5.74) is 0.961. The zero-order chi connectivity index (χ0) is 10.6. The van der Waals surface area contributed by atoms with Gasteiger partial charge in [-0.05, 0) is 13.3 Å². The van der Waals surface area contributed by atoms with Crippen LogP contribution in [0.2, 0.25) is 0 Å². The van der Waals surface area contributed by atoms with E-state index in [0.717, 1.165) is 17.2 Å². The van der Waals surface area contributed by atoms with Crippen molar-refractivity contribution < 1.29 is 9.90 Å². The lowest BCUT2D eigenvalue weighted by molar-refractivity contribution is -0.137. The van der Waals surface area contributed by atoms with Gasteiger partial charge >= 0.3 is 5.97 Å². The van der Waals surface area contributed by atoms with Crippen LogP contribution in [0, 0.1) is 6.92 Å². The summed E-state index contributed by atoms with van der Waals surface area (Å²) >= 11 is 1.51. The molecule has 78 valence electrons. The smallest absolute Gasteiger partial charge is 0.305 e. The number of aliphatic carboxylic acids is 1. The predicted molar refractivity (Wildman–Crippen MR) is 56.8 cm³/mol. The van der Waals surface area contributed by atoms with Crippen molar-refractivity contribution in [3.8, 4) is 0 Å². The summed E-state index contributed by atoms with van der Waals surface area (Å²) in [6, 6.07) is -0.0296. The Morgan fingerprint density at radius 1 is 1.79 bits per heavy atom. The summed E-state index contributed by atoms with van der Waals surface area (Å²) in [6.07, 6.45) is 0.917. The number of hydrogen-bond donors (Lipinski definition) is 2. The molecule has 0 fully saturated rings. The molecule has 5 heteroatoms. The molecule has 0 radical (unpaired) electrons. The van der Waals surface area contributed by atoms with Gasteiger partial charge in [-0.15, -0.1) is 11.3 Å². The van der Waals surface area contributed by atoms with Crippen LogP contribution < -0.4 is 5.32 Å². The van der Waals surface area contributed by atoms with Crippen molar-refractivity contribution in [3.05, 3.63) is 11.1 Å². The first-order valence-electron chi connectivity index (χ1n) is 4.52. The van der Waals surface area contributed by atoms with Gasteiger partial charge in [0.1, 0.15) is 0 Å². The monoisotopic (exact) mass is 214 g/mol. The maximum absolute atomic E-state index is 10.5. The fraction of sp³-hybridized carbons (Fsp3) is 0.556. The van der Waals surface area contributed by atoms with E-state index in [9.17, 15) is 4.79 Å². The summed E-state index contributed by atoms with van der Waals surface area (Å²) < 4.78 is 0. The molecule has 4 nitrogen and oxygen atoms in total. The van der Waals surface area contributed by atoms with Crippen LogP contribution in [0.4, 0.5) is 5.13 Å². The number of carbonyl (C=O) groups is 1. The summed E-state index contributed by atoms with van der Waals surface area (Å²) in [4.78, 5) is 14.7. The van der Waals surface area contributed by atoms with E-state index in [1.54, 1.807) is 0 Å². The van der Waals surface area contributed by atoms with Crippen molar-refractivity contribution in [2.45, 2.75) is 32.7 Å². The Morgan fingerprint density at radius 2 is 2.50 bits per heavy atom. The van der Waals surface area contributed by atoms with Crippen LogP contribution in [0.3, 0.4) is 0 Å². The molecule has 0 amide bonds. The van der Waals surface area contributed by atoms with E-state index in [1.165, 1.54) is 11.3 Å². The highest BCUT2D eigenvalue weighted by atomic mass is 32.1. The fourth-order valence-corrected chi connectivity index (χ4v) is 1.87. The molecule has 1 unspecified atom stereocenters. The largest absolute Gasteiger partial charge is 0.481 e. The number of rotatable bonds is 5. The third-order valence-corrected chi connectivity index (χ3v) is 2.75. The molecule has 0 aliphatic rings. The molecule has 1 aromatic rings. The molecule has 0 spiro atoms. The first kappa shape index (κ1) is 11.0. The minimum atomic E-state index is -0.780. The van der Waals surface area contributed by atoms with Crippen LogP contribution in [0.25, 0.3) is 0 Å². The number of nitrogens with one attached hydrogen (secondary N) is 1. The Bertz CT molecular complexity index is 312. The molecule has 0 aliphatic heterocycles. The second-order valence-corrected chi connectivity index (χ2v) is 4.00. The molecule has 14 heavy (non-hydrogen) atoms. The van der Waals surface area contributed by atoms with Crippen LogP contribution in [0.5, 0.6) is 0 Å². The Morgan fingerprint density at radius 3 is 2.93 bits per heavy atom. The average molecular weight is 214 g/mol. The van der Waals surface area contributed by atoms with Crippen molar-refractivity contribution in [1.29, 1.82) is 0 Å². The standard InChI is InChI=1S/C9H14N2O2S/c1-3-7(4-8(12)13)11-9-10-6(2)5-14-9/h5,7H,3-4H2,1-2H3,(H,10,11)(H,12,13). The number of hydrogen-bond acceptors (Lipinski definition) is 4. The van der Waals surface area contributed by atoms with Gasteiger partial charge in [-0.3, -0.25) is 4.79 Å². The average Bonchev–Trinajstić information content (AvgIpc) is 2.49. The van der Waals surface area contributed by atoms with Crippen molar-refractivity contribution in [2.24, 2.45) is 0 Å². The second-order valence-electron chi connectivity index (χ2n) is 3.14. The van der Waals surface area contributed by atoms with Gasteiger partial charge in [-0.25, -0.2) is 4.98 Å². The summed E-state index contributed by atoms with van der Waals surface area (Å²) in [6.45, 7) is 3.88. The lowest BCUT2D eigenvalue weighted by Crippen LogP contribution is -2.22. The zero-order valence-corrected chi connectivity index (χ0v) is 9.10. The van der Waals surface area contributed by atoms with E-state index in [2.05, 4.69) is 10.3 Å². The van der Waals surface area contributed by atoms with Crippen LogP contribution in [0.15, 0.2) is 5.38 Å². The van der Waals surface area contributed by atoms with E-state index in [4.69, 9.17) is 5.11 Å². The van der Waals surface area contributed by atoms with Gasteiger partial charge in [-0.2, -0.15) is 0 Å². The molecule has 2 N–H and O–H groups in total. The van der Waals surface area contributed by atoms with Gasteiger partial charge in [-0.1, -0.05) is 6.92 Å². The number of nitrogens with zero attached hydrogens (tertiary/aromatic N) is 1. The maximum atomic E-state index is 10.5. The molecule has 1 rings (SSSR count). The highest BCUT2D eigenvalue weighted by Gasteiger charge is 2.11. The molecule has 1 atom stereocenters. The number of thiazole rings is 1. The molecule has 0 bridgehead atoms. The summed E-state index contributed by atoms with van der Waals surface area (Å²) in [7, 11) is 0. The van der Waals surface area contributed by atoms with Crippen LogP contribution in [-0.2, 0) is 4.79 Å². The third kappa shape index (κ3) is 3.33. The first-order valence-corrected chi connectivity index (χ1v) is 5.40. The number of aryl methyl sites for hydroxylation is 1. The SMILES string of the molecule is CCC(CC(=O)O)Nc1nc(C)cs1. The molecule has 1 heterocycles. The zero-order valence-electron chi connectivity index (χ0n) is 8.28. The number of carboxylic acids is 1. The molecular weight excluding hydrogens is 200 g/mol. The second kappa shape index (κ2) is 4.95. The predicted octanol–water partition coefficient (Wildman–Crippen LogP) is 2.12. The lowest BCUT2D eigenvalue weighted by atomic mass is 10.1. The molecule has 0 aromatic carbocycles. The topological polar surface area (TPSA) is 62.2 Å². The highest BCUT2D eigenvalue weighted by Crippen LogP contribution is 2.17. The summed E-state index contributed by atoms with van der Waals surface area (Å²) in [5, 5.41) is 14.5. The Balaban J connectivity index is 2.52. The molecule has 1 aromatic heterocycles. The van der Waals surface area contributed by atoms with E-state index in [-0.39, 0.29) is 12.5 Å². The minimum Gasteiger partial charge on any atom is -0.481 e. The first-order chi connectivity index (χ1) is 6.61. The van der Waals surface area contributed by atoms with Gasteiger partial charge in [0, 0.05) is 11.4 Å². The number of carboxylic acid groups (broad SMARTS) is 1. The fourth-order valence-electron chi connectivity index (χ4n) is 1.10. The highest BCUT2D eigenvalue weighted by molar-refractivity contribution is 7.13. The molecule has 0 saturated heterocycles. The molecule has 0 aliphatic carbocycles. The van der Waals surface area contributed by atoms with Gasteiger partial charge in [0.05, 0.1) is 12.1 Å². The van der Waals surface area contributed by atoms with Crippen molar-refractivity contribution in [3.63, 3.8) is 0 Å². The van der Waals surface area contributed by atoms with E-state index in [0.29, 0.717) is 0 Å². The van der Waals surface area contributed by atoms with Crippen LogP contribution in [0.1, 0.15) is 25.5 Å². The molecular formula is C9H14N2O2S. The van der Waals surface area contributed by atoms with E-state index < -0.39 is 5.97 Å². The lowest BCUT2D eigenvalue weighted by Gasteiger charge is -2.13. The van der Waals surface area contributed by atoms with Gasteiger partial charge in [0.2, 0.25) is 0 Å². The number of aromatic nitrogens is 1. The van der Waals surface area contributed by atoms with Crippen LogP contribution >= 0.6 is 11.3 Å². The third-order valence-electron chi connectivity index (χ3n) is 1.86. The Labute approximate surface area is 87.0 Å². The van der Waals surface area contributed by atoms with E-state index in [1.807, 2.05) is 19.2 Å². The Hall–Kier alpha value is -1.10. The Kier molecular flexibility index (Phi) is 3.88. The normalized spacial score (nSPS) is 12.4. The van der Waals surface area contributed by atoms with Gasteiger partial charge in [0.25, 0.3) is 0 Å².